The number of hydrogen-bond donors (Lipinski definition) is 1. The van der Waals surface area contributed by atoms with Gasteiger partial charge in [-0.05, 0) is 26.0 Å². The van der Waals surface area contributed by atoms with E-state index >= 15 is 0 Å². The third-order valence-corrected chi connectivity index (χ3v) is 4.93. The Kier molecular flexibility index (Phi) is 8.28. The Morgan fingerprint density at radius 3 is 2.54 bits per heavy atom. The molecule has 0 saturated carbocycles. The predicted molar refractivity (Wildman–Crippen MR) is 124 cm³/mol. The summed E-state index contributed by atoms with van der Waals surface area (Å²) >= 11 is 0. The molecule has 0 atom stereocenters. The second kappa shape index (κ2) is 10.4. The number of nitrogens with one attached hydrogen (secondary N) is 1. The van der Waals surface area contributed by atoms with Crippen molar-refractivity contribution in [3.05, 3.63) is 47.4 Å². The molecule has 7 nitrogen and oxygen atoms in total. The number of ether oxygens (including phenoxy) is 1. The fourth-order valence-electron chi connectivity index (χ4n) is 3.43. The van der Waals surface area contributed by atoms with Crippen molar-refractivity contribution in [3.63, 3.8) is 0 Å². The van der Waals surface area contributed by atoms with Crippen molar-refractivity contribution in [2.24, 2.45) is 4.99 Å². The molecular weight excluding hydrogens is 467 g/mol. The molecule has 2 aromatic rings. The van der Waals surface area contributed by atoms with E-state index in [0.717, 1.165) is 60.5 Å². The molecule has 8 heteroatoms. The van der Waals surface area contributed by atoms with E-state index in [4.69, 9.17) is 4.74 Å². The van der Waals surface area contributed by atoms with Crippen molar-refractivity contribution >= 4 is 35.8 Å². The number of rotatable bonds is 4. The predicted octanol–water partition coefficient (Wildman–Crippen LogP) is 2.62. The number of hydrogen-bond acceptors (Lipinski definition) is 5. The first-order chi connectivity index (χ1) is 13.1. The Morgan fingerprint density at radius 1 is 1.18 bits per heavy atom. The lowest BCUT2D eigenvalue weighted by atomic mass is 10.1. The molecule has 2 aromatic heterocycles. The summed E-state index contributed by atoms with van der Waals surface area (Å²) in [6.07, 6.45) is 3.70. The Bertz CT molecular complexity index is 791. The molecule has 0 spiro atoms. The van der Waals surface area contributed by atoms with Crippen LogP contribution in [0.15, 0.2) is 35.6 Å². The minimum atomic E-state index is 0. The zero-order valence-electron chi connectivity index (χ0n) is 17.0. The van der Waals surface area contributed by atoms with Gasteiger partial charge >= 0.3 is 0 Å². The van der Waals surface area contributed by atoms with Gasteiger partial charge in [0.15, 0.2) is 5.96 Å². The second-order valence-corrected chi connectivity index (χ2v) is 6.61. The van der Waals surface area contributed by atoms with E-state index in [1.165, 1.54) is 0 Å². The van der Waals surface area contributed by atoms with Crippen LogP contribution in [-0.4, -0.2) is 61.2 Å². The largest absolute Gasteiger partial charge is 0.496 e. The number of nitrogens with zero attached hydrogens (tertiary/aromatic N) is 5. The van der Waals surface area contributed by atoms with E-state index in [-0.39, 0.29) is 24.0 Å². The van der Waals surface area contributed by atoms with E-state index < -0.39 is 0 Å². The van der Waals surface area contributed by atoms with E-state index in [2.05, 4.69) is 36.1 Å². The first-order valence-corrected chi connectivity index (χ1v) is 9.24. The van der Waals surface area contributed by atoms with Crippen LogP contribution in [0.5, 0.6) is 5.75 Å². The van der Waals surface area contributed by atoms with Crippen molar-refractivity contribution in [1.82, 2.24) is 20.2 Å². The molecule has 0 unspecified atom stereocenters. The van der Waals surface area contributed by atoms with Gasteiger partial charge in [-0.1, -0.05) is 6.07 Å². The molecule has 0 aliphatic carbocycles. The van der Waals surface area contributed by atoms with Crippen molar-refractivity contribution in [1.29, 1.82) is 0 Å². The summed E-state index contributed by atoms with van der Waals surface area (Å²) in [5, 5.41) is 3.45. The fraction of sp³-hybridized carbons (Fsp3) is 0.450. The Morgan fingerprint density at radius 2 is 1.93 bits per heavy atom. The molecule has 3 rings (SSSR count). The zero-order chi connectivity index (χ0) is 19.2. The van der Waals surface area contributed by atoms with Gasteiger partial charge in [-0.3, -0.25) is 9.98 Å². The number of aromatic nitrogens is 2. The van der Waals surface area contributed by atoms with Gasteiger partial charge in [-0.25, -0.2) is 4.98 Å². The average molecular weight is 496 g/mol. The molecule has 1 fully saturated rings. The van der Waals surface area contributed by atoms with Gasteiger partial charge in [0.25, 0.3) is 0 Å². The lowest BCUT2D eigenvalue weighted by Gasteiger charge is -2.37. The lowest BCUT2D eigenvalue weighted by Crippen LogP contribution is -2.52. The molecule has 1 aliphatic rings. The third-order valence-electron chi connectivity index (χ3n) is 4.93. The maximum absolute atomic E-state index is 5.50. The van der Waals surface area contributed by atoms with Crippen LogP contribution in [0, 0.1) is 13.8 Å². The Labute approximate surface area is 184 Å². The minimum Gasteiger partial charge on any atom is -0.496 e. The number of pyridine rings is 2. The van der Waals surface area contributed by atoms with Crippen LogP contribution < -0.4 is 15.0 Å². The van der Waals surface area contributed by atoms with Crippen molar-refractivity contribution in [2.75, 3.05) is 45.2 Å². The Balaban J connectivity index is 0.00000280. The van der Waals surface area contributed by atoms with Gasteiger partial charge in [-0.2, -0.15) is 0 Å². The number of aliphatic imine (C=N–C) groups is 1. The van der Waals surface area contributed by atoms with Gasteiger partial charge < -0.3 is 19.9 Å². The van der Waals surface area contributed by atoms with Crippen LogP contribution in [0.1, 0.15) is 16.8 Å². The summed E-state index contributed by atoms with van der Waals surface area (Å²) in [5.74, 6) is 2.84. The highest BCUT2D eigenvalue weighted by Gasteiger charge is 2.20. The molecule has 3 heterocycles. The summed E-state index contributed by atoms with van der Waals surface area (Å²) in [6.45, 7) is 8.33. The number of anilines is 1. The zero-order valence-corrected chi connectivity index (χ0v) is 19.3. The SMILES string of the molecule is CN=C(NCc1ncc(C)c(OC)c1C)N1CCN(c2ccccn2)CC1.I. The highest BCUT2D eigenvalue weighted by atomic mass is 127. The maximum Gasteiger partial charge on any atom is 0.194 e. The fourth-order valence-corrected chi connectivity index (χ4v) is 3.43. The van der Waals surface area contributed by atoms with Crippen LogP contribution >= 0.6 is 24.0 Å². The highest BCUT2D eigenvalue weighted by molar-refractivity contribution is 14.0. The van der Waals surface area contributed by atoms with Gasteiger partial charge in [0, 0.05) is 56.7 Å². The standard InChI is InChI=1S/C20H28N6O.HI/c1-15-13-23-17(16(2)19(15)27-4)14-24-20(21-3)26-11-9-25(10-12-26)18-7-5-6-8-22-18;/h5-8,13H,9-12,14H2,1-4H3,(H,21,24);1H. The summed E-state index contributed by atoms with van der Waals surface area (Å²) in [6, 6.07) is 6.03. The molecule has 0 bridgehead atoms. The normalized spacial score (nSPS) is 14.5. The van der Waals surface area contributed by atoms with Crippen LogP contribution in [0.4, 0.5) is 5.82 Å². The van der Waals surface area contributed by atoms with Crippen molar-refractivity contribution in [3.8, 4) is 5.75 Å². The van der Waals surface area contributed by atoms with Crippen LogP contribution in [0.3, 0.4) is 0 Å². The summed E-state index contributed by atoms with van der Waals surface area (Å²) in [4.78, 5) is 18.0. The van der Waals surface area contributed by atoms with E-state index in [9.17, 15) is 0 Å². The molecule has 1 saturated heterocycles. The quantitative estimate of drug-likeness (QED) is 0.399. The Hall–Kier alpha value is -2.10. The second-order valence-electron chi connectivity index (χ2n) is 6.61. The average Bonchev–Trinajstić information content (AvgIpc) is 2.71. The number of guanidine groups is 1. The molecule has 152 valence electrons. The van der Waals surface area contributed by atoms with Crippen LogP contribution in [0.2, 0.25) is 0 Å². The maximum atomic E-state index is 5.50. The molecule has 1 aliphatic heterocycles. The molecule has 0 radical (unpaired) electrons. The van der Waals surface area contributed by atoms with Crippen LogP contribution in [-0.2, 0) is 6.54 Å². The number of methoxy groups -OCH3 is 1. The summed E-state index contributed by atoms with van der Waals surface area (Å²) < 4.78 is 5.50. The first-order valence-electron chi connectivity index (χ1n) is 9.24. The molecule has 28 heavy (non-hydrogen) atoms. The number of aryl methyl sites for hydroxylation is 1. The van der Waals surface area contributed by atoms with Crippen molar-refractivity contribution in [2.45, 2.75) is 20.4 Å². The van der Waals surface area contributed by atoms with Gasteiger partial charge in [0.1, 0.15) is 11.6 Å². The molecule has 1 N–H and O–H groups in total. The molecule has 0 amide bonds. The highest BCUT2D eigenvalue weighted by Crippen LogP contribution is 2.23. The third kappa shape index (κ3) is 5.03. The smallest absolute Gasteiger partial charge is 0.194 e. The van der Waals surface area contributed by atoms with E-state index in [1.807, 2.05) is 45.4 Å². The number of piperazine rings is 1. The molecule has 0 aromatic carbocycles. The van der Waals surface area contributed by atoms with E-state index in [0.29, 0.717) is 6.54 Å². The van der Waals surface area contributed by atoms with Gasteiger partial charge in [0.05, 0.1) is 19.3 Å². The van der Waals surface area contributed by atoms with Gasteiger partial charge in [0.2, 0.25) is 0 Å². The summed E-state index contributed by atoms with van der Waals surface area (Å²) in [7, 11) is 3.52. The van der Waals surface area contributed by atoms with Crippen molar-refractivity contribution < 1.29 is 4.74 Å². The van der Waals surface area contributed by atoms with Gasteiger partial charge in [-0.15, -0.1) is 24.0 Å². The minimum absolute atomic E-state index is 0. The molecular formula is C20H29IN6O. The first kappa shape index (κ1) is 22.2. The van der Waals surface area contributed by atoms with Crippen LogP contribution in [0.25, 0.3) is 0 Å². The monoisotopic (exact) mass is 496 g/mol. The lowest BCUT2D eigenvalue weighted by molar-refractivity contribution is 0.371. The number of halogens is 1. The summed E-state index contributed by atoms with van der Waals surface area (Å²) in [5.41, 5.74) is 3.10. The topological polar surface area (TPSA) is 65.9 Å². The van der Waals surface area contributed by atoms with E-state index in [1.54, 1.807) is 7.11 Å².